The Balaban J connectivity index is 1.82. The average molecular weight is 359 g/mol. The third-order valence-electron chi connectivity index (χ3n) is 3.17. The van der Waals surface area contributed by atoms with Gasteiger partial charge in [0, 0.05) is 18.1 Å². The van der Waals surface area contributed by atoms with E-state index in [1.807, 2.05) is 0 Å². The minimum atomic E-state index is -3.77. The van der Waals surface area contributed by atoms with Crippen LogP contribution < -0.4 is 16.2 Å². The highest BCUT2D eigenvalue weighted by molar-refractivity contribution is 7.89. The number of nitrogens with zero attached hydrogens (tertiary/aromatic N) is 4. The standard InChI is InChI=1S/C14H13N7O3S/c15-13-19-14(18-10-3-5-11(6-4-10)25(16,23)24)20-21(13)12(22)9-2-1-7-17-8-9/h1-8H,(H2,16,23,24)(H3,15,18,19,20). The molecule has 3 rings (SSSR count). The normalized spacial score (nSPS) is 11.2. The number of benzene rings is 1. The number of primary sulfonamides is 1. The van der Waals surface area contributed by atoms with Crippen molar-refractivity contribution in [3.05, 3.63) is 54.4 Å². The molecule has 2 heterocycles. The highest BCUT2D eigenvalue weighted by Crippen LogP contribution is 2.17. The quantitative estimate of drug-likeness (QED) is 0.601. The fourth-order valence-corrected chi connectivity index (χ4v) is 2.51. The maximum absolute atomic E-state index is 12.3. The van der Waals surface area contributed by atoms with Gasteiger partial charge in [-0.1, -0.05) is 0 Å². The molecule has 0 atom stereocenters. The van der Waals surface area contributed by atoms with Crippen molar-refractivity contribution >= 4 is 33.5 Å². The lowest BCUT2D eigenvalue weighted by Crippen LogP contribution is -2.16. The first-order chi connectivity index (χ1) is 11.8. The maximum Gasteiger partial charge on any atom is 0.283 e. The summed E-state index contributed by atoms with van der Waals surface area (Å²) in [5.41, 5.74) is 6.53. The minimum absolute atomic E-state index is 0.0252. The van der Waals surface area contributed by atoms with Crippen LogP contribution in [0.5, 0.6) is 0 Å². The van der Waals surface area contributed by atoms with Gasteiger partial charge in [-0.15, -0.1) is 5.10 Å². The molecule has 2 aromatic heterocycles. The molecule has 0 radical (unpaired) electrons. The molecule has 11 heteroatoms. The SMILES string of the molecule is Nc1nc(Nc2ccc(S(N)(=O)=O)cc2)nn1C(=O)c1cccnc1. The molecule has 0 aliphatic heterocycles. The summed E-state index contributed by atoms with van der Waals surface area (Å²) in [7, 11) is -3.77. The van der Waals surface area contributed by atoms with Crippen LogP contribution in [0.25, 0.3) is 0 Å². The monoisotopic (exact) mass is 359 g/mol. The van der Waals surface area contributed by atoms with Gasteiger partial charge in [-0.25, -0.2) is 13.6 Å². The smallest absolute Gasteiger partial charge is 0.283 e. The highest BCUT2D eigenvalue weighted by Gasteiger charge is 2.16. The molecule has 0 saturated heterocycles. The second-order valence-electron chi connectivity index (χ2n) is 4.95. The summed E-state index contributed by atoms with van der Waals surface area (Å²) in [6, 6.07) is 8.83. The number of carbonyl (C=O) groups excluding carboxylic acids is 1. The van der Waals surface area contributed by atoms with Gasteiger partial charge in [0.1, 0.15) is 0 Å². The van der Waals surface area contributed by atoms with Gasteiger partial charge in [0.2, 0.25) is 21.9 Å². The third-order valence-corrected chi connectivity index (χ3v) is 4.10. The van der Waals surface area contributed by atoms with Crippen molar-refractivity contribution in [1.82, 2.24) is 19.7 Å². The number of nitrogens with two attached hydrogens (primary N) is 2. The van der Waals surface area contributed by atoms with Gasteiger partial charge in [0.05, 0.1) is 10.5 Å². The average Bonchev–Trinajstić information content (AvgIpc) is 2.95. The summed E-state index contributed by atoms with van der Waals surface area (Å²) in [6.45, 7) is 0. The first-order valence-electron chi connectivity index (χ1n) is 6.92. The Morgan fingerprint density at radius 2 is 1.88 bits per heavy atom. The molecule has 0 fully saturated rings. The molecule has 25 heavy (non-hydrogen) atoms. The van der Waals surface area contributed by atoms with Crippen molar-refractivity contribution < 1.29 is 13.2 Å². The fourth-order valence-electron chi connectivity index (χ4n) is 2.00. The van der Waals surface area contributed by atoms with Crippen LogP contribution in [0.3, 0.4) is 0 Å². The molecule has 5 N–H and O–H groups in total. The Morgan fingerprint density at radius 3 is 2.48 bits per heavy atom. The summed E-state index contributed by atoms with van der Waals surface area (Å²) in [6.07, 6.45) is 2.93. The molecule has 0 saturated carbocycles. The number of pyridine rings is 1. The van der Waals surface area contributed by atoms with Gasteiger partial charge in [-0.05, 0) is 36.4 Å². The molecule has 3 aromatic rings. The zero-order valence-corrected chi connectivity index (χ0v) is 13.5. The molecular formula is C14H13N7O3S. The van der Waals surface area contributed by atoms with Crippen molar-refractivity contribution in [3.8, 4) is 0 Å². The van der Waals surface area contributed by atoms with E-state index in [0.717, 1.165) is 4.68 Å². The lowest BCUT2D eigenvalue weighted by Gasteiger charge is -2.03. The fraction of sp³-hybridized carbons (Fsp3) is 0. The van der Waals surface area contributed by atoms with Crippen LogP contribution in [0.15, 0.2) is 53.7 Å². The number of rotatable bonds is 4. The Kier molecular flexibility index (Phi) is 4.17. The van der Waals surface area contributed by atoms with E-state index in [1.54, 1.807) is 18.3 Å². The van der Waals surface area contributed by atoms with Crippen LogP contribution in [0, 0.1) is 0 Å². The molecule has 0 spiro atoms. The third kappa shape index (κ3) is 3.62. The predicted octanol–water partition coefficient (Wildman–Crippen LogP) is 0.335. The number of nitrogen functional groups attached to an aromatic ring is 1. The van der Waals surface area contributed by atoms with Crippen LogP contribution in [0.1, 0.15) is 10.4 Å². The number of sulfonamides is 1. The number of hydrogen-bond donors (Lipinski definition) is 3. The molecule has 0 unspecified atom stereocenters. The molecule has 0 bridgehead atoms. The van der Waals surface area contributed by atoms with E-state index < -0.39 is 15.9 Å². The molecule has 128 valence electrons. The summed E-state index contributed by atoms with van der Waals surface area (Å²) in [4.78, 5) is 20.1. The zero-order chi connectivity index (χ0) is 18.0. The first kappa shape index (κ1) is 16.5. The van der Waals surface area contributed by atoms with E-state index in [9.17, 15) is 13.2 Å². The Labute approximate surface area is 142 Å². The Hall–Kier alpha value is -3.31. The van der Waals surface area contributed by atoms with E-state index in [1.165, 1.54) is 30.5 Å². The summed E-state index contributed by atoms with van der Waals surface area (Å²) < 4.78 is 23.4. The number of hydrogen-bond acceptors (Lipinski definition) is 8. The van der Waals surface area contributed by atoms with Gasteiger partial charge in [0.15, 0.2) is 0 Å². The van der Waals surface area contributed by atoms with E-state index in [-0.39, 0.29) is 16.8 Å². The van der Waals surface area contributed by atoms with Crippen molar-refractivity contribution in [2.45, 2.75) is 4.90 Å². The van der Waals surface area contributed by atoms with E-state index in [0.29, 0.717) is 11.3 Å². The number of nitrogens with one attached hydrogen (secondary N) is 1. The van der Waals surface area contributed by atoms with Gasteiger partial charge < -0.3 is 11.1 Å². The molecule has 1 aromatic carbocycles. The van der Waals surface area contributed by atoms with Crippen LogP contribution in [-0.2, 0) is 10.0 Å². The van der Waals surface area contributed by atoms with Crippen molar-refractivity contribution in [1.29, 1.82) is 0 Å². The topological polar surface area (TPSA) is 159 Å². The number of carbonyl (C=O) groups is 1. The molecule has 0 aliphatic carbocycles. The molecular weight excluding hydrogens is 346 g/mol. The largest absolute Gasteiger partial charge is 0.368 e. The van der Waals surface area contributed by atoms with Gasteiger partial charge in [-0.3, -0.25) is 9.78 Å². The van der Waals surface area contributed by atoms with E-state index >= 15 is 0 Å². The highest BCUT2D eigenvalue weighted by atomic mass is 32.2. The molecule has 0 aliphatic rings. The van der Waals surface area contributed by atoms with Crippen molar-refractivity contribution in [2.75, 3.05) is 11.1 Å². The zero-order valence-electron chi connectivity index (χ0n) is 12.7. The molecule has 0 amide bonds. The van der Waals surface area contributed by atoms with Crippen LogP contribution in [0.2, 0.25) is 0 Å². The Bertz CT molecular complexity index is 1010. The van der Waals surface area contributed by atoms with Gasteiger partial charge in [-0.2, -0.15) is 9.67 Å². The summed E-state index contributed by atoms with van der Waals surface area (Å²) in [5.74, 6) is -0.494. The van der Waals surface area contributed by atoms with Crippen LogP contribution >= 0.6 is 0 Å². The van der Waals surface area contributed by atoms with Crippen LogP contribution in [-0.4, -0.2) is 34.1 Å². The second kappa shape index (κ2) is 6.30. The van der Waals surface area contributed by atoms with E-state index in [4.69, 9.17) is 10.9 Å². The van der Waals surface area contributed by atoms with Gasteiger partial charge in [0.25, 0.3) is 5.91 Å². The minimum Gasteiger partial charge on any atom is -0.368 e. The number of aromatic nitrogens is 4. The molecule has 10 nitrogen and oxygen atoms in total. The summed E-state index contributed by atoms with van der Waals surface area (Å²) >= 11 is 0. The van der Waals surface area contributed by atoms with Crippen molar-refractivity contribution in [3.63, 3.8) is 0 Å². The second-order valence-corrected chi connectivity index (χ2v) is 6.51. The van der Waals surface area contributed by atoms with Crippen LogP contribution in [0.4, 0.5) is 17.6 Å². The maximum atomic E-state index is 12.3. The van der Waals surface area contributed by atoms with Gasteiger partial charge >= 0.3 is 0 Å². The lowest BCUT2D eigenvalue weighted by atomic mass is 10.3. The predicted molar refractivity (Wildman–Crippen MR) is 89.5 cm³/mol. The first-order valence-corrected chi connectivity index (χ1v) is 8.46. The lowest BCUT2D eigenvalue weighted by molar-refractivity contribution is 0.0947. The number of anilines is 3. The van der Waals surface area contributed by atoms with Crippen molar-refractivity contribution in [2.24, 2.45) is 5.14 Å². The summed E-state index contributed by atoms with van der Waals surface area (Å²) in [5, 5.41) is 11.9. The Morgan fingerprint density at radius 1 is 1.16 bits per heavy atom. The van der Waals surface area contributed by atoms with E-state index in [2.05, 4.69) is 20.4 Å².